The van der Waals surface area contributed by atoms with Gasteiger partial charge in [-0.2, -0.15) is 0 Å². The second kappa shape index (κ2) is 6.88. The number of aryl methyl sites for hydroxylation is 1. The van der Waals surface area contributed by atoms with Gasteiger partial charge in [-0.1, -0.05) is 6.92 Å². The summed E-state index contributed by atoms with van der Waals surface area (Å²) in [4.78, 5) is 27.2. The molecule has 0 bridgehead atoms. The Labute approximate surface area is 140 Å². The predicted molar refractivity (Wildman–Crippen MR) is 88.7 cm³/mol. The third-order valence-corrected chi connectivity index (χ3v) is 5.73. The van der Waals surface area contributed by atoms with E-state index in [1.165, 1.54) is 16.9 Å². The predicted octanol–water partition coefficient (Wildman–Crippen LogP) is 1.38. The molecule has 0 radical (unpaired) electrons. The zero-order valence-electron chi connectivity index (χ0n) is 13.3. The van der Waals surface area contributed by atoms with Gasteiger partial charge in [-0.3, -0.25) is 4.79 Å². The minimum atomic E-state index is -0.440. The molecule has 3 amide bonds. The van der Waals surface area contributed by atoms with E-state index in [0.29, 0.717) is 32.2 Å². The van der Waals surface area contributed by atoms with Crippen LogP contribution in [-0.2, 0) is 17.6 Å². The lowest BCUT2D eigenvalue weighted by Gasteiger charge is -2.31. The van der Waals surface area contributed by atoms with Crippen molar-refractivity contribution >= 4 is 23.3 Å². The SMILES string of the molecule is C[C@H]1CCc2sc(C(=O)NC[C@@H]3CN(C(N)=O)CCO3)cc2C1. The first kappa shape index (κ1) is 16.3. The highest BCUT2D eigenvalue weighted by molar-refractivity contribution is 7.14. The number of nitrogens with two attached hydrogens (primary N) is 1. The Morgan fingerprint density at radius 1 is 1.52 bits per heavy atom. The monoisotopic (exact) mass is 337 g/mol. The maximum atomic E-state index is 12.3. The van der Waals surface area contributed by atoms with Gasteiger partial charge in [0.1, 0.15) is 0 Å². The molecule has 7 heteroatoms. The standard InChI is InChI=1S/C16H23N3O3S/c1-10-2-3-13-11(6-10)7-14(23-13)15(20)18-8-12-9-19(16(17)21)4-5-22-12/h7,10,12H,2-6,8-9H2,1H3,(H2,17,21)(H,18,20)/t10-,12+/m0/s1. The number of primary amides is 1. The second-order valence-electron chi connectivity index (χ2n) is 6.39. The molecule has 2 atom stereocenters. The number of carbonyl (C=O) groups excluding carboxylic acids is 2. The van der Waals surface area contributed by atoms with E-state index in [-0.39, 0.29) is 12.0 Å². The summed E-state index contributed by atoms with van der Waals surface area (Å²) in [6, 6.07) is 1.59. The van der Waals surface area contributed by atoms with Crippen molar-refractivity contribution in [2.24, 2.45) is 11.7 Å². The Kier molecular flexibility index (Phi) is 4.87. The van der Waals surface area contributed by atoms with Crippen LogP contribution in [0.1, 0.15) is 33.5 Å². The van der Waals surface area contributed by atoms with Gasteiger partial charge in [0.2, 0.25) is 0 Å². The topological polar surface area (TPSA) is 84.7 Å². The minimum Gasteiger partial charge on any atom is -0.373 e. The Morgan fingerprint density at radius 3 is 3.13 bits per heavy atom. The van der Waals surface area contributed by atoms with E-state index in [9.17, 15) is 9.59 Å². The number of nitrogens with zero attached hydrogens (tertiary/aromatic N) is 1. The minimum absolute atomic E-state index is 0.0585. The molecule has 126 valence electrons. The van der Waals surface area contributed by atoms with E-state index in [1.807, 2.05) is 6.07 Å². The summed E-state index contributed by atoms with van der Waals surface area (Å²) in [6.45, 7) is 4.03. The fraction of sp³-hybridized carbons (Fsp3) is 0.625. The van der Waals surface area contributed by atoms with E-state index in [2.05, 4.69) is 12.2 Å². The van der Waals surface area contributed by atoms with Crippen LogP contribution in [0.2, 0.25) is 0 Å². The van der Waals surface area contributed by atoms with Crippen LogP contribution >= 0.6 is 11.3 Å². The largest absolute Gasteiger partial charge is 0.373 e. The van der Waals surface area contributed by atoms with Crippen LogP contribution in [0.5, 0.6) is 0 Å². The van der Waals surface area contributed by atoms with Crippen LogP contribution < -0.4 is 11.1 Å². The molecular formula is C16H23N3O3S. The number of thiophene rings is 1. The number of carbonyl (C=O) groups is 2. The van der Waals surface area contributed by atoms with Crippen molar-refractivity contribution in [3.8, 4) is 0 Å². The van der Waals surface area contributed by atoms with Crippen LogP contribution in [0.3, 0.4) is 0 Å². The van der Waals surface area contributed by atoms with Crippen LogP contribution in [0.15, 0.2) is 6.07 Å². The average molecular weight is 337 g/mol. The van der Waals surface area contributed by atoms with Gasteiger partial charge >= 0.3 is 6.03 Å². The van der Waals surface area contributed by atoms with E-state index in [0.717, 1.165) is 17.7 Å². The summed E-state index contributed by atoms with van der Waals surface area (Å²) in [7, 11) is 0. The molecule has 0 saturated carbocycles. The third kappa shape index (κ3) is 3.84. The molecule has 2 aliphatic rings. The highest BCUT2D eigenvalue weighted by atomic mass is 32.1. The normalized spacial score (nSPS) is 24.1. The number of morpholine rings is 1. The molecule has 3 rings (SSSR count). The number of rotatable bonds is 3. The summed E-state index contributed by atoms with van der Waals surface area (Å²) in [5.74, 6) is 0.639. The van der Waals surface area contributed by atoms with Crippen LogP contribution in [0.4, 0.5) is 4.79 Å². The lowest BCUT2D eigenvalue weighted by atomic mass is 9.90. The van der Waals surface area contributed by atoms with Gasteiger partial charge in [0.15, 0.2) is 0 Å². The van der Waals surface area contributed by atoms with Crippen molar-refractivity contribution in [1.29, 1.82) is 0 Å². The first-order chi connectivity index (χ1) is 11.0. The number of hydrogen-bond acceptors (Lipinski definition) is 4. The number of hydrogen-bond donors (Lipinski definition) is 2. The van der Waals surface area contributed by atoms with Crippen LogP contribution in [0.25, 0.3) is 0 Å². The van der Waals surface area contributed by atoms with Gasteiger partial charge in [0.05, 0.1) is 24.1 Å². The number of amides is 3. The zero-order valence-corrected chi connectivity index (χ0v) is 14.2. The molecule has 1 aromatic rings. The highest BCUT2D eigenvalue weighted by Gasteiger charge is 2.24. The summed E-state index contributed by atoms with van der Waals surface area (Å²) in [6.07, 6.45) is 3.15. The zero-order chi connectivity index (χ0) is 16.4. The number of urea groups is 1. The summed E-state index contributed by atoms with van der Waals surface area (Å²) in [5, 5.41) is 2.92. The smallest absolute Gasteiger partial charge is 0.314 e. The Hall–Kier alpha value is -1.60. The molecule has 6 nitrogen and oxygen atoms in total. The van der Waals surface area contributed by atoms with Crippen molar-refractivity contribution in [3.05, 3.63) is 21.4 Å². The molecule has 1 aromatic heterocycles. The van der Waals surface area contributed by atoms with Gasteiger partial charge in [0.25, 0.3) is 5.91 Å². The van der Waals surface area contributed by atoms with Gasteiger partial charge in [-0.05, 0) is 36.8 Å². The quantitative estimate of drug-likeness (QED) is 0.874. The molecule has 23 heavy (non-hydrogen) atoms. The fourth-order valence-corrected chi connectivity index (χ4v) is 4.28. The van der Waals surface area contributed by atoms with Gasteiger partial charge in [-0.25, -0.2) is 4.79 Å². The second-order valence-corrected chi connectivity index (χ2v) is 7.53. The van der Waals surface area contributed by atoms with Crippen LogP contribution in [0, 0.1) is 5.92 Å². The van der Waals surface area contributed by atoms with E-state index in [4.69, 9.17) is 10.5 Å². The Morgan fingerprint density at radius 2 is 2.35 bits per heavy atom. The van der Waals surface area contributed by atoms with Gasteiger partial charge < -0.3 is 20.7 Å². The fourth-order valence-electron chi connectivity index (χ4n) is 3.15. The Balaban J connectivity index is 1.54. The molecule has 0 unspecified atom stereocenters. The molecule has 2 heterocycles. The Bertz CT molecular complexity index is 601. The van der Waals surface area contributed by atoms with Crippen LogP contribution in [-0.4, -0.2) is 49.2 Å². The molecule has 1 aliphatic carbocycles. The highest BCUT2D eigenvalue weighted by Crippen LogP contribution is 2.32. The van der Waals surface area contributed by atoms with Crippen molar-refractivity contribution < 1.29 is 14.3 Å². The van der Waals surface area contributed by atoms with Crippen molar-refractivity contribution in [1.82, 2.24) is 10.2 Å². The van der Waals surface area contributed by atoms with E-state index in [1.54, 1.807) is 16.2 Å². The van der Waals surface area contributed by atoms with E-state index >= 15 is 0 Å². The van der Waals surface area contributed by atoms with Crippen molar-refractivity contribution in [2.75, 3.05) is 26.2 Å². The number of ether oxygens (including phenoxy) is 1. The molecule has 1 aliphatic heterocycles. The number of nitrogens with one attached hydrogen (secondary N) is 1. The molecule has 1 saturated heterocycles. The molecule has 3 N–H and O–H groups in total. The summed E-state index contributed by atoms with van der Waals surface area (Å²) >= 11 is 1.60. The summed E-state index contributed by atoms with van der Waals surface area (Å²) < 4.78 is 5.58. The van der Waals surface area contributed by atoms with Crippen molar-refractivity contribution in [3.63, 3.8) is 0 Å². The summed E-state index contributed by atoms with van der Waals surface area (Å²) in [5.41, 5.74) is 6.62. The first-order valence-electron chi connectivity index (χ1n) is 8.08. The number of fused-ring (bicyclic) bond motifs is 1. The molecule has 0 spiro atoms. The molecular weight excluding hydrogens is 314 g/mol. The molecule has 1 fully saturated rings. The maximum absolute atomic E-state index is 12.3. The lowest BCUT2D eigenvalue weighted by Crippen LogP contribution is -2.51. The maximum Gasteiger partial charge on any atom is 0.314 e. The third-order valence-electron chi connectivity index (χ3n) is 4.49. The average Bonchev–Trinajstić information content (AvgIpc) is 2.96. The van der Waals surface area contributed by atoms with Gasteiger partial charge in [-0.15, -0.1) is 11.3 Å². The first-order valence-corrected chi connectivity index (χ1v) is 8.90. The van der Waals surface area contributed by atoms with E-state index < -0.39 is 6.03 Å². The molecule has 0 aromatic carbocycles. The van der Waals surface area contributed by atoms with Gasteiger partial charge in [0, 0.05) is 18.0 Å². The van der Waals surface area contributed by atoms with Crippen molar-refractivity contribution in [2.45, 2.75) is 32.3 Å². The lowest BCUT2D eigenvalue weighted by molar-refractivity contribution is -0.0110.